The molecule has 8 heteroatoms. The van der Waals surface area contributed by atoms with Crippen molar-refractivity contribution in [3.8, 4) is 22.5 Å². The van der Waals surface area contributed by atoms with Crippen LogP contribution in [0.1, 0.15) is 5.56 Å². The quantitative estimate of drug-likeness (QED) is 0.348. The predicted octanol–water partition coefficient (Wildman–Crippen LogP) is 3.14. The number of azide groups is 1. The van der Waals surface area contributed by atoms with Gasteiger partial charge in [0.15, 0.2) is 5.82 Å². The van der Waals surface area contributed by atoms with Crippen LogP contribution in [0.5, 0.6) is 0 Å². The summed E-state index contributed by atoms with van der Waals surface area (Å²) < 4.78 is 0. The van der Waals surface area contributed by atoms with Crippen molar-refractivity contribution in [1.82, 2.24) is 20.6 Å². The van der Waals surface area contributed by atoms with Gasteiger partial charge in [0.05, 0.1) is 0 Å². The van der Waals surface area contributed by atoms with E-state index in [0.717, 1.165) is 22.3 Å². The van der Waals surface area contributed by atoms with Crippen LogP contribution in [0.3, 0.4) is 0 Å². The first-order chi connectivity index (χ1) is 10.3. The molecule has 0 amide bonds. The Bertz CT molecular complexity index is 809. The fourth-order valence-electron chi connectivity index (χ4n) is 2.29. The van der Waals surface area contributed by atoms with Gasteiger partial charge in [0.2, 0.25) is 0 Å². The molecule has 0 fully saturated rings. The van der Waals surface area contributed by atoms with Gasteiger partial charge in [-0.1, -0.05) is 47.6 Å². The molecule has 0 spiro atoms. The Balaban J connectivity index is 0.00000176. The van der Waals surface area contributed by atoms with E-state index in [1.165, 1.54) is 0 Å². The Labute approximate surface area is 148 Å². The molecular weight excluding hydrogens is 289 g/mol. The summed E-state index contributed by atoms with van der Waals surface area (Å²) in [5.41, 5.74) is 12.9. The van der Waals surface area contributed by atoms with Crippen molar-refractivity contribution in [3.05, 3.63) is 58.5 Å². The van der Waals surface area contributed by atoms with E-state index in [-0.39, 0.29) is 29.6 Å². The maximum atomic E-state index is 8.66. The van der Waals surface area contributed by atoms with Crippen LogP contribution < -0.4 is 0 Å². The van der Waals surface area contributed by atoms with Crippen molar-refractivity contribution in [2.45, 2.75) is 6.92 Å². The van der Waals surface area contributed by atoms with Crippen molar-refractivity contribution in [2.24, 2.45) is 5.11 Å². The van der Waals surface area contributed by atoms with Crippen LogP contribution in [0.2, 0.25) is 0 Å². The second-order valence-corrected chi connectivity index (χ2v) is 4.44. The van der Waals surface area contributed by atoms with E-state index in [1.807, 2.05) is 43.3 Å². The summed E-state index contributed by atoms with van der Waals surface area (Å²) in [5, 5.41) is 17.7. The van der Waals surface area contributed by atoms with Gasteiger partial charge in [-0.15, -0.1) is 5.10 Å². The zero-order chi connectivity index (χ0) is 14.7. The van der Waals surface area contributed by atoms with E-state index in [1.54, 1.807) is 6.07 Å². The minimum absolute atomic E-state index is 0. The molecule has 1 N–H and O–H groups in total. The van der Waals surface area contributed by atoms with Crippen molar-refractivity contribution in [1.29, 1.82) is 0 Å². The molecule has 0 aliphatic heterocycles. The van der Waals surface area contributed by atoms with Gasteiger partial charge >= 0.3 is 29.6 Å². The summed E-state index contributed by atoms with van der Waals surface area (Å²) in [6.07, 6.45) is 0. The molecular formula is C14H12N7Na. The van der Waals surface area contributed by atoms with Crippen LogP contribution in [0.4, 0.5) is 5.69 Å². The third kappa shape index (κ3) is 3.03. The van der Waals surface area contributed by atoms with Gasteiger partial charge in [-0.25, -0.2) is 5.10 Å². The summed E-state index contributed by atoms with van der Waals surface area (Å²) in [5.74, 6) is 0.543. The van der Waals surface area contributed by atoms with E-state index in [2.05, 4.69) is 30.7 Å². The molecule has 0 aliphatic carbocycles. The van der Waals surface area contributed by atoms with Gasteiger partial charge in [0.25, 0.3) is 0 Å². The fourth-order valence-corrected chi connectivity index (χ4v) is 2.29. The molecule has 1 aromatic heterocycles. The molecule has 22 heavy (non-hydrogen) atoms. The molecule has 2 aromatic carbocycles. The number of benzene rings is 2. The summed E-state index contributed by atoms with van der Waals surface area (Å²) in [7, 11) is 0. The summed E-state index contributed by atoms with van der Waals surface area (Å²) in [6.45, 7) is 1.88. The minimum atomic E-state index is 0. The Morgan fingerprint density at radius 1 is 1.14 bits per heavy atom. The molecule has 3 aromatic rings. The van der Waals surface area contributed by atoms with Crippen LogP contribution in [0.25, 0.3) is 33.0 Å². The van der Waals surface area contributed by atoms with Crippen molar-refractivity contribution in [3.63, 3.8) is 0 Å². The van der Waals surface area contributed by atoms with Crippen LogP contribution in [-0.2, 0) is 0 Å². The topological polar surface area (TPSA) is 103 Å². The SMILES string of the molecule is Cc1c(N=[N+]=[N-])ccc(-c2ccccc2)c1-c1nnn[nH]1.[NaH]. The van der Waals surface area contributed by atoms with Crippen molar-refractivity contribution < 1.29 is 0 Å². The third-order valence-corrected chi connectivity index (χ3v) is 3.26. The Morgan fingerprint density at radius 3 is 2.55 bits per heavy atom. The molecule has 0 bridgehead atoms. The van der Waals surface area contributed by atoms with E-state index in [0.29, 0.717) is 11.5 Å². The molecule has 0 radical (unpaired) electrons. The predicted molar refractivity (Wildman–Crippen MR) is 85.7 cm³/mol. The Morgan fingerprint density at radius 2 is 1.91 bits per heavy atom. The zero-order valence-corrected chi connectivity index (χ0v) is 11.2. The van der Waals surface area contributed by atoms with Gasteiger partial charge in [-0.2, -0.15) is 0 Å². The van der Waals surface area contributed by atoms with Gasteiger partial charge in [0.1, 0.15) is 0 Å². The first kappa shape index (κ1) is 16.2. The standard InChI is InChI=1S/C14H11N7.Na.H/c1-9-12(16-19-15)8-7-11(10-5-3-2-4-6-10)13(9)14-17-20-21-18-14;;/h2-8H,1H3,(H,17,18,20,21);;. The molecule has 3 rings (SSSR count). The molecule has 0 aliphatic rings. The van der Waals surface area contributed by atoms with Crippen LogP contribution in [0, 0.1) is 6.92 Å². The number of hydrogen-bond acceptors (Lipinski definition) is 4. The first-order valence-electron chi connectivity index (χ1n) is 6.29. The second kappa shape index (κ2) is 7.20. The molecule has 0 atom stereocenters. The van der Waals surface area contributed by atoms with Gasteiger partial charge in [-0.05, 0) is 39.6 Å². The maximum absolute atomic E-state index is 8.66. The number of hydrogen-bond donors (Lipinski definition) is 1. The number of nitrogens with zero attached hydrogens (tertiary/aromatic N) is 6. The first-order valence-corrected chi connectivity index (χ1v) is 6.29. The zero-order valence-electron chi connectivity index (χ0n) is 11.2. The fraction of sp³-hybridized carbons (Fsp3) is 0.0714. The number of nitrogens with one attached hydrogen (secondary N) is 1. The van der Waals surface area contributed by atoms with Crippen LogP contribution in [0.15, 0.2) is 47.6 Å². The van der Waals surface area contributed by atoms with E-state index < -0.39 is 0 Å². The molecule has 7 nitrogen and oxygen atoms in total. The Hall–Kier alpha value is -2.18. The van der Waals surface area contributed by atoms with Crippen molar-refractivity contribution >= 4 is 35.2 Å². The van der Waals surface area contributed by atoms with Crippen LogP contribution in [-0.4, -0.2) is 50.2 Å². The number of aromatic nitrogens is 4. The third-order valence-electron chi connectivity index (χ3n) is 3.26. The average molecular weight is 301 g/mol. The van der Waals surface area contributed by atoms with E-state index in [4.69, 9.17) is 5.53 Å². The number of H-pyrrole nitrogens is 1. The molecule has 1 heterocycles. The molecule has 0 unspecified atom stereocenters. The van der Waals surface area contributed by atoms with E-state index in [9.17, 15) is 0 Å². The molecule has 0 saturated heterocycles. The number of rotatable bonds is 3. The average Bonchev–Trinajstić information content (AvgIpc) is 3.04. The number of aromatic amines is 1. The Kier molecular flexibility index (Phi) is 5.30. The number of tetrazole rings is 1. The summed E-state index contributed by atoms with van der Waals surface area (Å²) in [4.78, 5) is 2.85. The second-order valence-electron chi connectivity index (χ2n) is 4.44. The normalized spacial score (nSPS) is 9.68. The van der Waals surface area contributed by atoms with Gasteiger partial charge < -0.3 is 0 Å². The van der Waals surface area contributed by atoms with E-state index >= 15 is 0 Å². The summed E-state index contributed by atoms with van der Waals surface area (Å²) >= 11 is 0. The van der Waals surface area contributed by atoms with Crippen molar-refractivity contribution in [2.75, 3.05) is 0 Å². The summed E-state index contributed by atoms with van der Waals surface area (Å²) in [6, 6.07) is 13.6. The molecule has 0 saturated carbocycles. The molecule has 104 valence electrons. The van der Waals surface area contributed by atoms with Gasteiger partial charge in [-0.3, -0.25) is 0 Å². The van der Waals surface area contributed by atoms with Crippen LogP contribution >= 0.6 is 0 Å². The van der Waals surface area contributed by atoms with Gasteiger partial charge in [0, 0.05) is 16.2 Å². The monoisotopic (exact) mass is 301 g/mol.